The lowest BCUT2D eigenvalue weighted by molar-refractivity contribution is -0.385. The molecule has 0 aliphatic carbocycles. The highest BCUT2D eigenvalue weighted by molar-refractivity contribution is 7.90. The molecule has 7 nitrogen and oxygen atoms in total. The molecule has 0 unspecified atom stereocenters. The molecule has 0 fully saturated rings. The number of nitrogens with zero attached hydrogens (tertiary/aromatic N) is 3. The van der Waals surface area contributed by atoms with Crippen LogP contribution in [0.1, 0.15) is 5.56 Å². The monoisotopic (exact) mass is 317 g/mol. The van der Waals surface area contributed by atoms with Crippen molar-refractivity contribution in [1.82, 2.24) is 8.96 Å². The van der Waals surface area contributed by atoms with Gasteiger partial charge >= 0.3 is 0 Å². The Bertz CT molecular complexity index is 992. The molecule has 0 bridgehead atoms. The van der Waals surface area contributed by atoms with Gasteiger partial charge in [-0.05, 0) is 24.6 Å². The number of rotatable bonds is 3. The van der Waals surface area contributed by atoms with Crippen LogP contribution < -0.4 is 0 Å². The van der Waals surface area contributed by atoms with Gasteiger partial charge in [-0.25, -0.2) is 17.4 Å². The van der Waals surface area contributed by atoms with Crippen LogP contribution in [0.2, 0.25) is 0 Å². The van der Waals surface area contributed by atoms with Crippen molar-refractivity contribution in [2.75, 3.05) is 0 Å². The van der Waals surface area contributed by atoms with E-state index in [0.717, 1.165) is 10.0 Å². The third-order valence-electron chi connectivity index (χ3n) is 3.34. The van der Waals surface area contributed by atoms with E-state index >= 15 is 0 Å². The molecule has 0 atom stereocenters. The molecule has 0 aliphatic heterocycles. The normalized spacial score (nSPS) is 11.7. The van der Waals surface area contributed by atoms with Gasteiger partial charge in [0.25, 0.3) is 15.7 Å². The van der Waals surface area contributed by atoms with E-state index in [1.807, 2.05) is 0 Å². The zero-order valence-corrected chi connectivity index (χ0v) is 12.3. The van der Waals surface area contributed by atoms with Gasteiger partial charge in [0.1, 0.15) is 6.33 Å². The van der Waals surface area contributed by atoms with Gasteiger partial charge in [0.2, 0.25) is 0 Å². The summed E-state index contributed by atoms with van der Waals surface area (Å²) in [4.78, 5) is 14.2. The zero-order valence-electron chi connectivity index (χ0n) is 11.5. The third kappa shape index (κ3) is 2.13. The number of hydrogen-bond acceptors (Lipinski definition) is 5. The molecule has 2 aromatic carbocycles. The van der Waals surface area contributed by atoms with Gasteiger partial charge in [0, 0.05) is 12.1 Å². The van der Waals surface area contributed by atoms with Gasteiger partial charge < -0.3 is 0 Å². The lowest BCUT2D eigenvalue weighted by atomic mass is 10.2. The number of hydrogen-bond donors (Lipinski definition) is 0. The Morgan fingerprint density at radius 2 is 1.91 bits per heavy atom. The topological polar surface area (TPSA) is 95.1 Å². The van der Waals surface area contributed by atoms with Crippen molar-refractivity contribution < 1.29 is 13.3 Å². The number of fused-ring (bicyclic) bond motifs is 1. The van der Waals surface area contributed by atoms with Gasteiger partial charge in [0.05, 0.1) is 20.9 Å². The maximum absolute atomic E-state index is 12.8. The van der Waals surface area contributed by atoms with Crippen LogP contribution in [0.3, 0.4) is 0 Å². The number of aromatic nitrogens is 2. The van der Waals surface area contributed by atoms with Crippen LogP contribution in [0, 0.1) is 17.0 Å². The number of nitro benzene ring substituents is 1. The van der Waals surface area contributed by atoms with Crippen molar-refractivity contribution in [2.45, 2.75) is 11.8 Å². The van der Waals surface area contributed by atoms with Gasteiger partial charge in [-0.15, -0.1) is 0 Å². The molecule has 1 heterocycles. The lowest BCUT2D eigenvalue weighted by Gasteiger charge is -2.09. The molecule has 22 heavy (non-hydrogen) atoms. The summed E-state index contributed by atoms with van der Waals surface area (Å²) in [7, 11) is -3.96. The van der Waals surface area contributed by atoms with Gasteiger partial charge in [-0.3, -0.25) is 10.1 Å². The first kappa shape index (κ1) is 14.2. The summed E-state index contributed by atoms with van der Waals surface area (Å²) >= 11 is 0. The van der Waals surface area contributed by atoms with E-state index in [2.05, 4.69) is 4.98 Å². The molecule has 0 N–H and O–H groups in total. The minimum absolute atomic E-state index is 0.107. The van der Waals surface area contributed by atoms with E-state index < -0.39 is 14.9 Å². The summed E-state index contributed by atoms with van der Waals surface area (Å²) in [5, 5.41) is 10.9. The Morgan fingerprint density at radius 1 is 1.18 bits per heavy atom. The minimum atomic E-state index is -3.96. The first-order valence-corrected chi connectivity index (χ1v) is 7.78. The van der Waals surface area contributed by atoms with E-state index in [9.17, 15) is 18.5 Å². The summed E-state index contributed by atoms with van der Waals surface area (Å²) in [6.45, 7) is 1.59. The van der Waals surface area contributed by atoms with E-state index in [1.54, 1.807) is 31.2 Å². The SMILES string of the molecule is Cc1ccc([N+](=O)[O-])cc1S(=O)(=O)n1cnc2ccccc21. The van der Waals surface area contributed by atoms with E-state index in [1.165, 1.54) is 18.5 Å². The maximum atomic E-state index is 12.8. The fourth-order valence-corrected chi connectivity index (χ4v) is 3.76. The average Bonchev–Trinajstić information content (AvgIpc) is 2.91. The Morgan fingerprint density at radius 3 is 2.64 bits per heavy atom. The average molecular weight is 317 g/mol. The minimum Gasteiger partial charge on any atom is -0.258 e. The summed E-state index contributed by atoms with van der Waals surface area (Å²) < 4.78 is 26.6. The summed E-state index contributed by atoms with van der Waals surface area (Å²) in [6.07, 6.45) is 1.21. The molecular formula is C14H11N3O4S. The first-order valence-electron chi connectivity index (χ1n) is 6.34. The summed E-state index contributed by atoms with van der Waals surface area (Å²) in [5.41, 5.74) is 1.12. The standard InChI is InChI=1S/C14H11N3O4S/c1-10-6-7-11(17(18)19)8-14(10)22(20,21)16-9-15-12-4-2-3-5-13(12)16/h2-9H,1H3. The fraction of sp³-hybridized carbons (Fsp3) is 0.0714. The smallest absolute Gasteiger partial charge is 0.258 e. The molecule has 0 aliphatic rings. The highest BCUT2D eigenvalue weighted by Crippen LogP contribution is 2.26. The predicted molar refractivity (Wildman–Crippen MR) is 80.2 cm³/mol. The second-order valence-electron chi connectivity index (χ2n) is 4.74. The van der Waals surface area contributed by atoms with Crippen LogP contribution in [-0.4, -0.2) is 22.3 Å². The molecule has 0 saturated carbocycles. The quantitative estimate of drug-likeness (QED) is 0.546. The Balaban J connectivity index is 2.26. The van der Waals surface area contributed by atoms with Crippen molar-refractivity contribution in [3.05, 3.63) is 64.5 Å². The van der Waals surface area contributed by atoms with Gasteiger partial charge in [-0.2, -0.15) is 0 Å². The summed E-state index contributed by atoms with van der Waals surface area (Å²) in [5.74, 6) is 0. The van der Waals surface area contributed by atoms with Crippen molar-refractivity contribution in [3.8, 4) is 0 Å². The Kier molecular flexibility index (Phi) is 3.18. The molecule has 3 rings (SSSR count). The Hall–Kier alpha value is -2.74. The zero-order chi connectivity index (χ0) is 15.9. The second-order valence-corrected chi connectivity index (χ2v) is 6.52. The van der Waals surface area contributed by atoms with E-state index in [4.69, 9.17) is 0 Å². The van der Waals surface area contributed by atoms with E-state index in [-0.39, 0.29) is 10.6 Å². The molecule has 0 radical (unpaired) electrons. The number of nitro groups is 1. The number of benzene rings is 2. The number of non-ortho nitro benzene ring substituents is 1. The molecule has 8 heteroatoms. The number of aryl methyl sites for hydroxylation is 1. The first-order chi connectivity index (χ1) is 10.4. The highest BCUT2D eigenvalue weighted by atomic mass is 32.2. The highest BCUT2D eigenvalue weighted by Gasteiger charge is 2.24. The van der Waals surface area contributed by atoms with Crippen LogP contribution >= 0.6 is 0 Å². The molecule has 3 aromatic rings. The molecule has 0 saturated heterocycles. The fourth-order valence-electron chi connectivity index (χ4n) is 2.21. The van der Waals surface area contributed by atoms with Crippen molar-refractivity contribution in [1.29, 1.82) is 0 Å². The van der Waals surface area contributed by atoms with Crippen LogP contribution in [0.5, 0.6) is 0 Å². The van der Waals surface area contributed by atoms with Crippen LogP contribution in [0.15, 0.2) is 53.7 Å². The lowest BCUT2D eigenvalue weighted by Crippen LogP contribution is -2.13. The summed E-state index contributed by atoms with van der Waals surface area (Å²) in [6, 6.07) is 10.6. The maximum Gasteiger partial charge on any atom is 0.270 e. The van der Waals surface area contributed by atoms with Gasteiger partial charge in [0.15, 0.2) is 0 Å². The molecular weight excluding hydrogens is 306 g/mol. The van der Waals surface area contributed by atoms with E-state index in [0.29, 0.717) is 16.6 Å². The number of imidazole rings is 1. The van der Waals surface area contributed by atoms with Crippen LogP contribution in [0.4, 0.5) is 5.69 Å². The van der Waals surface area contributed by atoms with Gasteiger partial charge in [-0.1, -0.05) is 18.2 Å². The second kappa shape index (κ2) is 4.92. The molecule has 0 amide bonds. The largest absolute Gasteiger partial charge is 0.270 e. The molecule has 112 valence electrons. The number of para-hydroxylation sites is 2. The predicted octanol–water partition coefficient (Wildman–Crippen LogP) is 2.49. The van der Waals surface area contributed by atoms with Crippen LogP contribution in [0.25, 0.3) is 11.0 Å². The van der Waals surface area contributed by atoms with Crippen molar-refractivity contribution in [2.24, 2.45) is 0 Å². The van der Waals surface area contributed by atoms with Crippen LogP contribution in [-0.2, 0) is 10.0 Å². The molecule has 1 aromatic heterocycles. The third-order valence-corrected chi connectivity index (χ3v) is 5.14. The Labute approximate surface area is 126 Å². The molecule has 0 spiro atoms. The van der Waals surface area contributed by atoms with Crippen molar-refractivity contribution >= 4 is 26.7 Å². The van der Waals surface area contributed by atoms with Crippen molar-refractivity contribution in [3.63, 3.8) is 0 Å².